The van der Waals surface area contributed by atoms with Gasteiger partial charge in [-0.3, -0.25) is 14.6 Å². The number of morpholine rings is 1. The number of hydrogen-bond donors (Lipinski definition) is 0. The summed E-state index contributed by atoms with van der Waals surface area (Å²) in [5.41, 5.74) is 0. The van der Waals surface area contributed by atoms with Gasteiger partial charge in [-0.05, 0) is 18.4 Å². The summed E-state index contributed by atoms with van der Waals surface area (Å²) in [6.45, 7) is 8.80. The Morgan fingerprint density at radius 3 is 2.67 bits per heavy atom. The van der Waals surface area contributed by atoms with E-state index in [9.17, 15) is 4.79 Å². The van der Waals surface area contributed by atoms with Crippen LogP contribution in [-0.4, -0.2) is 89.8 Å². The van der Waals surface area contributed by atoms with Crippen molar-refractivity contribution in [2.75, 3.05) is 59.0 Å². The molecule has 0 saturated carbocycles. The van der Waals surface area contributed by atoms with Gasteiger partial charge in [0.2, 0.25) is 11.8 Å². The topological polar surface area (TPSA) is 74.9 Å². The Kier molecular flexibility index (Phi) is 5.82. The molecule has 2 aromatic heterocycles. The van der Waals surface area contributed by atoms with Crippen molar-refractivity contribution >= 4 is 17.2 Å². The van der Waals surface area contributed by atoms with Crippen LogP contribution in [0.15, 0.2) is 21.9 Å². The first-order chi connectivity index (χ1) is 13.2. The smallest absolute Gasteiger partial charge is 0.257 e. The third-order valence-corrected chi connectivity index (χ3v) is 6.07. The lowest BCUT2D eigenvalue weighted by Crippen LogP contribution is -2.51. The molecule has 2 aliphatic rings. The Hall–Kier alpha value is -1.81. The van der Waals surface area contributed by atoms with Gasteiger partial charge in [-0.15, -0.1) is 21.5 Å². The van der Waals surface area contributed by atoms with Crippen molar-refractivity contribution in [2.24, 2.45) is 0 Å². The van der Waals surface area contributed by atoms with Crippen molar-refractivity contribution in [3.8, 4) is 10.8 Å². The summed E-state index contributed by atoms with van der Waals surface area (Å²) in [6, 6.07) is 4.03. The molecule has 2 saturated heterocycles. The van der Waals surface area contributed by atoms with E-state index >= 15 is 0 Å². The quantitative estimate of drug-likeness (QED) is 0.761. The van der Waals surface area contributed by atoms with Gasteiger partial charge in [-0.25, -0.2) is 0 Å². The Labute approximate surface area is 162 Å². The first kappa shape index (κ1) is 18.5. The summed E-state index contributed by atoms with van der Waals surface area (Å²) in [5, 5.41) is 10.4. The molecule has 4 heterocycles. The predicted molar refractivity (Wildman–Crippen MR) is 101 cm³/mol. The summed E-state index contributed by atoms with van der Waals surface area (Å²) in [4.78, 5) is 19.9. The SMILES string of the molecule is C[C@H](c1nnc(-c2cccs2)o1)N1CCN(CC(=O)N2CCOCC2)CC1. The molecule has 27 heavy (non-hydrogen) atoms. The van der Waals surface area contributed by atoms with Crippen molar-refractivity contribution in [1.29, 1.82) is 0 Å². The zero-order valence-electron chi connectivity index (χ0n) is 15.5. The summed E-state index contributed by atoms with van der Waals surface area (Å²) in [7, 11) is 0. The minimum Gasteiger partial charge on any atom is -0.418 e. The molecule has 2 aromatic rings. The second kappa shape index (κ2) is 8.47. The van der Waals surface area contributed by atoms with Crippen molar-refractivity contribution < 1.29 is 13.9 Å². The molecule has 1 atom stereocenters. The molecule has 2 fully saturated rings. The van der Waals surface area contributed by atoms with Crippen LogP contribution in [0, 0.1) is 0 Å². The normalized spacial score (nSPS) is 20.7. The lowest BCUT2D eigenvalue weighted by Gasteiger charge is -2.37. The van der Waals surface area contributed by atoms with Gasteiger partial charge in [0.25, 0.3) is 5.89 Å². The molecule has 9 heteroatoms. The lowest BCUT2D eigenvalue weighted by molar-refractivity contribution is -0.137. The van der Waals surface area contributed by atoms with Crippen molar-refractivity contribution in [3.05, 3.63) is 23.4 Å². The maximum absolute atomic E-state index is 12.4. The molecule has 0 aliphatic carbocycles. The van der Waals surface area contributed by atoms with E-state index in [2.05, 4.69) is 26.9 Å². The van der Waals surface area contributed by atoms with Crippen LogP contribution in [0.4, 0.5) is 0 Å². The fraction of sp³-hybridized carbons (Fsp3) is 0.611. The van der Waals surface area contributed by atoms with Crippen LogP contribution < -0.4 is 0 Å². The number of carbonyl (C=O) groups excluding carboxylic acids is 1. The van der Waals surface area contributed by atoms with Crippen LogP contribution >= 0.6 is 11.3 Å². The third-order valence-electron chi connectivity index (χ3n) is 5.21. The molecule has 1 amide bonds. The predicted octanol–water partition coefficient (Wildman–Crippen LogP) is 1.34. The second-order valence-electron chi connectivity index (χ2n) is 6.90. The summed E-state index contributed by atoms with van der Waals surface area (Å²) < 4.78 is 11.2. The first-order valence-corrected chi connectivity index (χ1v) is 10.3. The van der Waals surface area contributed by atoms with E-state index in [0.717, 1.165) is 31.1 Å². The minimum atomic E-state index is 0.0725. The monoisotopic (exact) mass is 391 g/mol. The van der Waals surface area contributed by atoms with Crippen molar-refractivity contribution in [3.63, 3.8) is 0 Å². The minimum absolute atomic E-state index is 0.0725. The van der Waals surface area contributed by atoms with Crippen LogP contribution in [-0.2, 0) is 9.53 Å². The number of nitrogens with zero attached hydrogens (tertiary/aromatic N) is 5. The highest BCUT2D eigenvalue weighted by Crippen LogP contribution is 2.27. The van der Waals surface area contributed by atoms with E-state index in [1.807, 2.05) is 22.4 Å². The van der Waals surface area contributed by atoms with Gasteiger partial charge in [0.15, 0.2) is 0 Å². The van der Waals surface area contributed by atoms with E-state index in [4.69, 9.17) is 9.15 Å². The Bertz CT molecular complexity index is 736. The van der Waals surface area contributed by atoms with Crippen LogP contribution in [0.5, 0.6) is 0 Å². The van der Waals surface area contributed by atoms with E-state index in [1.165, 1.54) is 0 Å². The van der Waals surface area contributed by atoms with Crippen molar-refractivity contribution in [2.45, 2.75) is 13.0 Å². The molecular formula is C18H25N5O3S. The van der Waals surface area contributed by atoms with Crippen LogP contribution in [0.25, 0.3) is 10.8 Å². The summed E-state index contributed by atoms with van der Waals surface area (Å²) >= 11 is 1.59. The lowest BCUT2D eigenvalue weighted by atomic mass is 10.2. The molecular weight excluding hydrogens is 366 g/mol. The fourth-order valence-electron chi connectivity index (χ4n) is 3.47. The first-order valence-electron chi connectivity index (χ1n) is 9.40. The number of hydrogen-bond acceptors (Lipinski definition) is 8. The number of ether oxygens (including phenoxy) is 1. The van der Waals surface area contributed by atoms with Crippen molar-refractivity contribution in [1.82, 2.24) is 24.9 Å². The van der Waals surface area contributed by atoms with E-state index in [-0.39, 0.29) is 11.9 Å². The Morgan fingerprint density at radius 1 is 1.19 bits per heavy atom. The Morgan fingerprint density at radius 2 is 1.96 bits per heavy atom. The number of piperazine rings is 1. The molecule has 8 nitrogen and oxygen atoms in total. The van der Waals surface area contributed by atoms with Gasteiger partial charge >= 0.3 is 0 Å². The average Bonchev–Trinajstić information content (AvgIpc) is 3.40. The molecule has 2 aliphatic heterocycles. The molecule has 0 unspecified atom stereocenters. The van der Waals surface area contributed by atoms with Crippen LogP contribution in [0.3, 0.4) is 0 Å². The summed E-state index contributed by atoms with van der Waals surface area (Å²) in [5.74, 6) is 1.44. The van der Waals surface area contributed by atoms with Gasteiger partial charge in [-0.1, -0.05) is 6.07 Å². The van der Waals surface area contributed by atoms with Crippen LogP contribution in [0.1, 0.15) is 18.9 Å². The third kappa shape index (κ3) is 4.37. The van der Waals surface area contributed by atoms with Gasteiger partial charge in [0, 0.05) is 39.3 Å². The van der Waals surface area contributed by atoms with Gasteiger partial charge in [0.1, 0.15) is 0 Å². The highest BCUT2D eigenvalue weighted by atomic mass is 32.1. The second-order valence-corrected chi connectivity index (χ2v) is 7.85. The molecule has 0 spiro atoms. The molecule has 0 aromatic carbocycles. The van der Waals surface area contributed by atoms with Crippen LogP contribution in [0.2, 0.25) is 0 Å². The van der Waals surface area contributed by atoms with E-state index in [1.54, 1.807) is 11.3 Å². The molecule has 0 radical (unpaired) electrons. The summed E-state index contributed by atoms with van der Waals surface area (Å²) in [6.07, 6.45) is 0. The number of aromatic nitrogens is 2. The number of rotatable bonds is 5. The van der Waals surface area contributed by atoms with Gasteiger partial charge in [0.05, 0.1) is 30.7 Å². The maximum Gasteiger partial charge on any atom is 0.257 e. The molecule has 4 rings (SSSR count). The average molecular weight is 391 g/mol. The maximum atomic E-state index is 12.4. The molecule has 146 valence electrons. The standard InChI is InChI=1S/C18H25N5O3S/c1-14(17-19-20-18(26-17)15-3-2-12-27-15)22-6-4-21(5-7-22)13-16(24)23-8-10-25-11-9-23/h2-3,12,14H,4-11,13H2,1H3/t14-/m1/s1. The molecule has 0 bridgehead atoms. The fourth-order valence-corrected chi connectivity index (χ4v) is 4.12. The molecule has 0 N–H and O–H groups in total. The van der Waals surface area contributed by atoms with Gasteiger partial charge in [-0.2, -0.15) is 0 Å². The Balaban J connectivity index is 1.28. The highest BCUT2D eigenvalue weighted by Gasteiger charge is 2.27. The highest BCUT2D eigenvalue weighted by molar-refractivity contribution is 7.13. The number of carbonyl (C=O) groups is 1. The van der Waals surface area contributed by atoms with E-state index in [0.29, 0.717) is 44.6 Å². The zero-order chi connectivity index (χ0) is 18.6. The zero-order valence-corrected chi connectivity index (χ0v) is 16.4. The van der Waals surface area contributed by atoms with E-state index < -0.39 is 0 Å². The largest absolute Gasteiger partial charge is 0.418 e. The number of amides is 1. The van der Waals surface area contributed by atoms with Gasteiger partial charge < -0.3 is 14.1 Å². The number of thiophene rings is 1.